The van der Waals surface area contributed by atoms with Crippen molar-refractivity contribution in [3.05, 3.63) is 95.1 Å². The summed E-state index contributed by atoms with van der Waals surface area (Å²) >= 11 is 6.90. The summed E-state index contributed by atoms with van der Waals surface area (Å²) in [6, 6.07) is 16.6. The second-order valence-electron chi connectivity index (χ2n) is 8.08. The molecule has 0 aliphatic rings. The molecule has 192 valence electrons. The van der Waals surface area contributed by atoms with Crippen molar-refractivity contribution >= 4 is 38.6 Å². The molecule has 4 N–H and O–H groups in total. The standard InChI is InChI=1S/C26H17ClN2O7S2/c27-16-3-1-2-15(12-16)22-21(23(32)14-4-6-17(30)7-5-14)24(33)25(34)29(22)26-28-13-20(37-26)38(35,36)19-10-8-18(31)9-11-19/h1-13,30-31,33-34H. The Morgan fingerprint density at radius 1 is 0.895 bits per heavy atom. The van der Waals surface area contributed by atoms with Gasteiger partial charge in [0, 0.05) is 16.1 Å². The maximum absolute atomic E-state index is 13.5. The number of benzene rings is 3. The maximum atomic E-state index is 13.5. The fourth-order valence-electron chi connectivity index (χ4n) is 3.83. The Hall–Kier alpha value is -4.32. The van der Waals surface area contributed by atoms with Gasteiger partial charge in [-0.3, -0.25) is 9.36 Å². The number of hydrogen-bond acceptors (Lipinski definition) is 9. The summed E-state index contributed by atoms with van der Waals surface area (Å²) in [5.41, 5.74) is 0.221. The summed E-state index contributed by atoms with van der Waals surface area (Å²) in [6.07, 6.45) is 1.10. The van der Waals surface area contributed by atoms with E-state index in [1.54, 1.807) is 18.2 Å². The number of phenols is 2. The topological polar surface area (TPSA) is 150 Å². The van der Waals surface area contributed by atoms with Crippen LogP contribution in [0.3, 0.4) is 0 Å². The molecule has 2 aromatic heterocycles. The number of carbonyl (C=O) groups is 1. The zero-order valence-electron chi connectivity index (χ0n) is 19.1. The Morgan fingerprint density at radius 2 is 1.53 bits per heavy atom. The fraction of sp³-hybridized carbons (Fsp3) is 0. The molecular formula is C26H17ClN2O7S2. The van der Waals surface area contributed by atoms with Crippen LogP contribution in [0.5, 0.6) is 23.1 Å². The number of phenolic OH excluding ortho intramolecular Hbond substituents is 2. The number of aromatic nitrogens is 2. The van der Waals surface area contributed by atoms with Crippen LogP contribution in [0, 0.1) is 0 Å². The largest absolute Gasteiger partial charge is 0.508 e. The van der Waals surface area contributed by atoms with Gasteiger partial charge in [0.1, 0.15) is 15.7 Å². The molecule has 0 unspecified atom stereocenters. The first kappa shape index (κ1) is 25.3. The van der Waals surface area contributed by atoms with E-state index >= 15 is 0 Å². The summed E-state index contributed by atoms with van der Waals surface area (Å²) < 4.78 is 27.2. The average Bonchev–Trinajstić information content (AvgIpc) is 3.48. The summed E-state index contributed by atoms with van der Waals surface area (Å²) in [5.74, 6) is -2.30. The zero-order chi connectivity index (χ0) is 27.2. The third-order valence-electron chi connectivity index (χ3n) is 5.65. The van der Waals surface area contributed by atoms with E-state index in [0.29, 0.717) is 21.9 Å². The molecule has 0 radical (unpaired) electrons. The number of rotatable bonds is 6. The third kappa shape index (κ3) is 4.36. The molecule has 0 aliphatic carbocycles. The van der Waals surface area contributed by atoms with Gasteiger partial charge in [-0.1, -0.05) is 35.1 Å². The van der Waals surface area contributed by atoms with Gasteiger partial charge in [0.25, 0.3) is 0 Å². The quantitative estimate of drug-likeness (QED) is 0.206. The lowest BCUT2D eigenvalue weighted by molar-refractivity contribution is 0.103. The summed E-state index contributed by atoms with van der Waals surface area (Å²) in [4.78, 5) is 17.6. The first-order valence-corrected chi connectivity index (χ1v) is 13.5. The lowest BCUT2D eigenvalue weighted by atomic mass is 9.99. The first-order chi connectivity index (χ1) is 18.1. The van der Waals surface area contributed by atoms with Crippen molar-refractivity contribution in [3.8, 4) is 39.5 Å². The Morgan fingerprint density at radius 3 is 2.16 bits per heavy atom. The predicted molar refractivity (Wildman–Crippen MR) is 140 cm³/mol. The Balaban J connectivity index is 1.72. The van der Waals surface area contributed by atoms with Crippen LogP contribution >= 0.6 is 22.9 Å². The number of ketones is 1. The molecule has 0 atom stereocenters. The number of aromatic hydroxyl groups is 4. The third-order valence-corrected chi connectivity index (χ3v) is 9.10. The van der Waals surface area contributed by atoms with Crippen LogP contribution in [0.25, 0.3) is 16.4 Å². The fourth-order valence-corrected chi connectivity index (χ4v) is 6.55. The Kier molecular flexibility index (Phi) is 6.35. The van der Waals surface area contributed by atoms with Crippen LogP contribution in [-0.4, -0.2) is 44.2 Å². The minimum absolute atomic E-state index is 0.0310. The van der Waals surface area contributed by atoms with Crippen molar-refractivity contribution in [1.82, 2.24) is 9.55 Å². The van der Waals surface area contributed by atoms with Gasteiger partial charge in [-0.05, 0) is 60.7 Å². The van der Waals surface area contributed by atoms with Gasteiger partial charge in [0.15, 0.2) is 16.7 Å². The molecule has 0 bridgehead atoms. The van der Waals surface area contributed by atoms with Crippen molar-refractivity contribution < 1.29 is 33.6 Å². The van der Waals surface area contributed by atoms with E-state index in [1.165, 1.54) is 54.6 Å². The number of hydrogen-bond donors (Lipinski definition) is 4. The van der Waals surface area contributed by atoms with Crippen LogP contribution in [0.2, 0.25) is 5.02 Å². The van der Waals surface area contributed by atoms with Crippen molar-refractivity contribution in [3.63, 3.8) is 0 Å². The van der Waals surface area contributed by atoms with Crippen LogP contribution in [0.15, 0.2) is 88.1 Å². The maximum Gasteiger partial charge on any atom is 0.242 e. The molecule has 0 saturated heterocycles. The first-order valence-electron chi connectivity index (χ1n) is 10.8. The van der Waals surface area contributed by atoms with Crippen molar-refractivity contribution in [1.29, 1.82) is 0 Å². The minimum atomic E-state index is -4.03. The molecule has 3 aromatic carbocycles. The van der Waals surface area contributed by atoms with Gasteiger partial charge in [0.05, 0.1) is 22.3 Å². The van der Waals surface area contributed by atoms with E-state index in [-0.39, 0.29) is 42.6 Å². The van der Waals surface area contributed by atoms with Gasteiger partial charge in [-0.15, -0.1) is 0 Å². The van der Waals surface area contributed by atoms with Gasteiger partial charge in [0.2, 0.25) is 15.7 Å². The van der Waals surface area contributed by atoms with E-state index in [1.807, 2.05) is 0 Å². The van der Waals surface area contributed by atoms with Crippen LogP contribution in [-0.2, 0) is 9.84 Å². The molecule has 5 aromatic rings. The Labute approximate surface area is 225 Å². The Bertz CT molecular complexity index is 1790. The average molecular weight is 569 g/mol. The molecule has 2 heterocycles. The molecule has 0 spiro atoms. The van der Waals surface area contributed by atoms with Crippen molar-refractivity contribution in [2.24, 2.45) is 0 Å². The van der Waals surface area contributed by atoms with Crippen LogP contribution in [0.4, 0.5) is 0 Å². The van der Waals surface area contributed by atoms with Crippen molar-refractivity contribution in [2.75, 3.05) is 0 Å². The second kappa shape index (κ2) is 9.53. The molecular weight excluding hydrogens is 552 g/mol. The van der Waals surface area contributed by atoms with E-state index < -0.39 is 27.2 Å². The van der Waals surface area contributed by atoms with Crippen LogP contribution in [0.1, 0.15) is 15.9 Å². The predicted octanol–water partition coefficient (Wildman–Crippen LogP) is 5.14. The number of carbonyl (C=O) groups excluding carboxylic acids is 1. The molecule has 12 heteroatoms. The lowest BCUT2D eigenvalue weighted by Gasteiger charge is -2.10. The molecule has 38 heavy (non-hydrogen) atoms. The monoisotopic (exact) mass is 568 g/mol. The van der Waals surface area contributed by atoms with Gasteiger partial charge < -0.3 is 20.4 Å². The number of sulfone groups is 1. The normalized spacial score (nSPS) is 11.5. The smallest absolute Gasteiger partial charge is 0.242 e. The van der Waals surface area contributed by atoms with E-state index in [0.717, 1.165) is 10.8 Å². The molecule has 0 amide bonds. The lowest BCUT2D eigenvalue weighted by Crippen LogP contribution is -2.04. The van der Waals surface area contributed by atoms with Gasteiger partial charge in [-0.25, -0.2) is 13.4 Å². The molecule has 9 nitrogen and oxygen atoms in total. The minimum Gasteiger partial charge on any atom is -0.508 e. The van der Waals surface area contributed by atoms with E-state index in [9.17, 15) is 33.6 Å². The van der Waals surface area contributed by atoms with Gasteiger partial charge in [-0.2, -0.15) is 0 Å². The van der Waals surface area contributed by atoms with Crippen molar-refractivity contribution in [2.45, 2.75) is 9.10 Å². The number of halogens is 1. The molecule has 5 rings (SSSR count). The zero-order valence-corrected chi connectivity index (χ0v) is 21.5. The van der Waals surface area contributed by atoms with E-state index in [4.69, 9.17) is 11.6 Å². The molecule has 0 saturated carbocycles. The SMILES string of the molecule is O=C(c1ccc(O)cc1)c1c(O)c(O)n(-c2ncc(S(=O)(=O)c3ccc(O)cc3)s2)c1-c1cccc(Cl)c1. The highest BCUT2D eigenvalue weighted by Gasteiger charge is 2.32. The highest BCUT2D eigenvalue weighted by Crippen LogP contribution is 2.45. The summed E-state index contributed by atoms with van der Waals surface area (Å²) in [5, 5.41) is 41.2. The highest BCUT2D eigenvalue weighted by molar-refractivity contribution is 7.93. The number of nitrogens with zero attached hydrogens (tertiary/aromatic N) is 2. The summed E-state index contributed by atoms with van der Waals surface area (Å²) in [7, 11) is -4.03. The highest BCUT2D eigenvalue weighted by atomic mass is 35.5. The van der Waals surface area contributed by atoms with E-state index in [2.05, 4.69) is 4.98 Å². The number of thiazole rings is 1. The van der Waals surface area contributed by atoms with Gasteiger partial charge >= 0.3 is 0 Å². The second-order valence-corrected chi connectivity index (χ2v) is 11.7. The molecule has 0 fully saturated rings. The van der Waals surface area contributed by atoms with Crippen LogP contribution < -0.4 is 0 Å². The molecule has 0 aliphatic heterocycles. The summed E-state index contributed by atoms with van der Waals surface area (Å²) in [6.45, 7) is 0.